The zero-order chi connectivity index (χ0) is 16.2. The third-order valence-electron chi connectivity index (χ3n) is 3.27. The molecule has 23 heavy (non-hydrogen) atoms. The van der Waals surface area contributed by atoms with Gasteiger partial charge in [-0.1, -0.05) is 23.7 Å². The van der Waals surface area contributed by atoms with Crippen molar-refractivity contribution in [1.82, 2.24) is 5.32 Å². The van der Waals surface area contributed by atoms with Crippen molar-refractivity contribution in [3.8, 4) is 9.75 Å². The van der Waals surface area contributed by atoms with E-state index in [1.165, 1.54) is 32.8 Å². The molecule has 0 fully saturated rings. The van der Waals surface area contributed by atoms with Gasteiger partial charge in [-0.2, -0.15) is 0 Å². The van der Waals surface area contributed by atoms with Gasteiger partial charge < -0.3 is 5.32 Å². The fourth-order valence-corrected chi connectivity index (χ4v) is 4.26. The van der Waals surface area contributed by atoms with Gasteiger partial charge in [-0.3, -0.25) is 4.79 Å². The molecule has 3 aromatic rings. The van der Waals surface area contributed by atoms with Crippen LogP contribution in [0.3, 0.4) is 0 Å². The van der Waals surface area contributed by atoms with E-state index in [9.17, 15) is 9.18 Å². The van der Waals surface area contributed by atoms with E-state index in [-0.39, 0.29) is 10.6 Å². The van der Waals surface area contributed by atoms with E-state index in [0.717, 1.165) is 0 Å². The molecule has 118 valence electrons. The maximum absolute atomic E-state index is 13.7. The first-order valence-electron chi connectivity index (χ1n) is 7.00. The van der Waals surface area contributed by atoms with Crippen molar-refractivity contribution in [3.05, 3.63) is 69.1 Å². The first-order valence-corrected chi connectivity index (χ1v) is 9.07. The highest BCUT2D eigenvalue weighted by molar-refractivity contribution is 7.21. The minimum atomic E-state index is -0.605. The minimum Gasteiger partial charge on any atom is -0.352 e. The highest BCUT2D eigenvalue weighted by Crippen LogP contribution is 2.31. The number of hydrogen-bond donors (Lipinski definition) is 1. The van der Waals surface area contributed by atoms with Crippen LogP contribution >= 0.6 is 34.3 Å². The maximum Gasteiger partial charge on any atom is 0.255 e. The van der Waals surface area contributed by atoms with E-state index < -0.39 is 11.7 Å². The summed E-state index contributed by atoms with van der Waals surface area (Å²) in [5.41, 5.74) is -0.0976. The standard InChI is InChI=1S/C17H13ClFNOS2/c18-12-3-1-4-13(19)16(12)17(21)20-9-8-11-6-7-15(23-11)14-5-2-10-22-14/h1-7,10H,8-9H2,(H,20,21). The average molecular weight is 366 g/mol. The van der Waals surface area contributed by atoms with Gasteiger partial charge in [0.15, 0.2) is 0 Å². The van der Waals surface area contributed by atoms with Crippen LogP contribution in [0.15, 0.2) is 47.8 Å². The van der Waals surface area contributed by atoms with E-state index in [0.29, 0.717) is 13.0 Å². The van der Waals surface area contributed by atoms with Crippen molar-refractivity contribution in [2.75, 3.05) is 6.54 Å². The van der Waals surface area contributed by atoms with Gasteiger partial charge in [0, 0.05) is 21.2 Å². The predicted molar refractivity (Wildman–Crippen MR) is 95.1 cm³/mol. The van der Waals surface area contributed by atoms with Crippen molar-refractivity contribution >= 4 is 40.2 Å². The van der Waals surface area contributed by atoms with Crippen LogP contribution in [-0.4, -0.2) is 12.5 Å². The molecule has 0 saturated heterocycles. The Bertz CT molecular complexity index is 794. The minimum absolute atomic E-state index is 0.0976. The summed E-state index contributed by atoms with van der Waals surface area (Å²) in [7, 11) is 0. The molecule has 0 unspecified atom stereocenters. The lowest BCUT2D eigenvalue weighted by molar-refractivity contribution is 0.0950. The van der Waals surface area contributed by atoms with E-state index in [2.05, 4.69) is 23.5 Å². The molecular weight excluding hydrogens is 353 g/mol. The number of nitrogens with one attached hydrogen (secondary N) is 1. The fourth-order valence-electron chi connectivity index (χ4n) is 2.17. The van der Waals surface area contributed by atoms with Crippen LogP contribution in [0.5, 0.6) is 0 Å². The van der Waals surface area contributed by atoms with Gasteiger partial charge in [-0.15, -0.1) is 22.7 Å². The first-order chi connectivity index (χ1) is 11.1. The molecule has 6 heteroatoms. The highest BCUT2D eigenvalue weighted by atomic mass is 35.5. The summed E-state index contributed by atoms with van der Waals surface area (Å²) in [6.07, 6.45) is 0.702. The molecule has 1 N–H and O–H groups in total. The van der Waals surface area contributed by atoms with Crippen molar-refractivity contribution in [3.63, 3.8) is 0 Å². The van der Waals surface area contributed by atoms with Crippen LogP contribution in [-0.2, 0) is 6.42 Å². The number of hydrogen-bond acceptors (Lipinski definition) is 3. The molecule has 3 rings (SSSR count). The van der Waals surface area contributed by atoms with Crippen LogP contribution < -0.4 is 5.32 Å². The number of rotatable bonds is 5. The Hall–Kier alpha value is -1.69. The molecule has 1 amide bonds. The molecule has 0 atom stereocenters. The summed E-state index contributed by atoms with van der Waals surface area (Å²) in [6.45, 7) is 0.438. The summed E-state index contributed by atoms with van der Waals surface area (Å²) in [4.78, 5) is 15.7. The summed E-state index contributed by atoms with van der Waals surface area (Å²) in [5, 5.41) is 4.89. The van der Waals surface area contributed by atoms with E-state index in [4.69, 9.17) is 11.6 Å². The molecular formula is C17H13ClFNOS2. The molecule has 2 heterocycles. The molecule has 0 radical (unpaired) electrons. The quantitative estimate of drug-likeness (QED) is 0.658. The van der Waals surface area contributed by atoms with Crippen LogP contribution in [0.25, 0.3) is 9.75 Å². The van der Waals surface area contributed by atoms with E-state index >= 15 is 0 Å². The van der Waals surface area contributed by atoms with Crippen molar-refractivity contribution in [1.29, 1.82) is 0 Å². The number of carbonyl (C=O) groups is 1. The van der Waals surface area contributed by atoms with Gasteiger partial charge in [0.05, 0.1) is 10.6 Å². The molecule has 0 aliphatic heterocycles. The number of carbonyl (C=O) groups excluding carboxylic acids is 1. The summed E-state index contributed by atoms with van der Waals surface area (Å²) < 4.78 is 13.7. The van der Waals surface area contributed by atoms with Crippen LogP contribution in [0.2, 0.25) is 5.02 Å². The number of halogens is 2. The topological polar surface area (TPSA) is 29.1 Å². The molecule has 0 aliphatic carbocycles. The Morgan fingerprint density at radius 3 is 2.74 bits per heavy atom. The second-order valence-electron chi connectivity index (χ2n) is 4.85. The SMILES string of the molecule is O=C(NCCc1ccc(-c2cccs2)s1)c1c(F)cccc1Cl. The van der Waals surface area contributed by atoms with Gasteiger partial charge in [-0.05, 0) is 42.1 Å². The summed E-state index contributed by atoms with van der Waals surface area (Å²) in [6, 6.07) is 12.5. The van der Waals surface area contributed by atoms with E-state index in [1.54, 1.807) is 22.7 Å². The first kappa shape index (κ1) is 16.2. The average Bonchev–Trinajstić information content (AvgIpc) is 3.18. The Balaban J connectivity index is 1.58. The zero-order valence-corrected chi connectivity index (χ0v) is 14.4. The second kappa shape index (κ2) is 7.25. The number of amides is 1. The molecule has 2 aromatic heterocycles. The normalized spacial score (nSPS) is 10.7. The van der Waals surface area contributed by atoms with Crippen LogP contribution in [0.1, 0.15) is 15.2 Å². The lowest BCUT2D eigenvalue weighted by Gasteiger charge is -2.07. The van der Waals surface area contributed by atoms with Crippen molar-refractivity contribution < 1.29 is 9.18 Å². The second-order valence-corrected chi connectivity index (χ2v) is 7.37. The van der Waals surface area contributed by atoms with Crippen molar-refractivity contribution in [2.45, 2.75) is 6.42 Å². The predicted octanol–water partition coefficient (Wildman–Crippen LogP) is 5.24. The van der Waals surface area contributed by atoms with Crippen molar-refractivity contribution in [2.24, 2.45) is 0 Å². The Labute approximate surface area is 146 Å². The lowest BCUT2D eigenvalue weighted by Crippen LogP contribution is -2.26. The van der Waals surface area contributed by atoms with Crippen LogP contribution in [0.4, 0.5) is 4.39 Å². The number of thiophene rings is 2. The van der Waals surface area contributed by atoms with Gasteiger partial charge in [0.2, 0.25) is 0 Å². The van der Waals surface area contributed by atoms with Gasteiger partial charge in [0.1, 0.15) is 5.82 Å². The molecule has 2 nitrogen and oxygen atoms in total. The molecule has 0 spiro atoms. The third kappa shape index (κ3) is 3.80. The highest BCUT2D eigenvalue weighted by Gasteiger charge is 2.15. The summed E-state index contributed by atoms with van der Waals surface area (Å²) >= 11 is 9.29. The van der Waals surface area contributed by atoms with Gasteiger partial charge in [-0.25, -0.2) is 4.39 Å². The van der Waals surface area contributed by atoms with Gasteiger partial charge >= 0.3 is 0 Å². The monoisotopic (exact) mass is 365 g/mol. The Morgan fingerprint density at radius 1 is 1.13 bits per heavy atom. The van der Waals surface area contributed by atoms with Crippen LogP contribution in [0, 0.1) is 5.82 Å². The Morgan fingerprint density at radius 2 is 2.00 bits per heavy atom. The summed E-state index contributed by atoms with van der Waals surface area (Å²) in [5.74, 6) is -1.09. The molecule has 1 aromatic carbocycles. The zero-order valence-electron chi connectivity index (χ0n) is 12.0. The maximum atomic E-state index is 13.7. The molecule has 0 saturated carbocycles. The third-order valence-corrected chi connectivity index (χ3v) is 5.80. The smallest absolute Gasteiger partial charge is 0.255 e. The van der Waals surface area contributed by atoms with Gasteiger partial charge in [0.25, 0.3) is 5.91 Å². The van der Waals surface area contributed by atoms with E-state index in [1.807, 2.05) is 11.4 Å². The molecule has 0 bridgehead atoms. The largest absolute Gasteiger partial charge is 0.352 e. The fraction of sp³-hybridized carbons (Fsp3) is 0.118. The molecule has 0 aliphatic rings. The number of benzene rings is 1. The Kier molecular flexibility index (Phi) is 5.10. The lowest BCUT2D eigenvalue weighted by atomic mass is 10.2.